The number of methoxy groups -OCH3 is 1. The molecule has 1 aliphatic rings. The van der Waals surface area contributed by atoms with Gasteiger partial charge in [0.1, 0.15) is 5.75 Å². The maximum absolute atomic E-state index is 13.3. The van der Waals surface area contributed by atoms with Crippen LogP contribution in [0.1, 0.15) is 28.4 Å². The van der Waals surface area contributed by atoms with Crippen LogP contribution in [0.5, 0.6) is 5.75 Å². The molecule has 0 unspecified atom stereocenters. The molecule has 7 nitrogen and oxygen atoms in total. The van der Waals surface area contributed by atoms with Crippen molar-refractivity contribution in [1.82, 2.24) is 20.0 Å². The number of urea groups is 1. The van der Waals surface area contributed by atoms with Crippen LogP contribution >= 0.6 is 0 Å². The lowest BCUT2D eigenvalue weighted by Gasteiger charge is -2.35. The van der Waals surface area contributed by atoms with Crippen LogP contribution in [-0.4, -0.2) is 86.1 Å². The second-order valence-electron chi connectivity index (χ2n) is 8.43. The van der Waals surface area contributed by atoms with Gasteiger partial charge in [0.25, 0.3) is 5.91 Å². The number of benzene rings is 2. The van der Waals surface area contributed by atoms with Crippen molar-refractivity contribution in [3.8, 4) is 5.75 Å². The minimum absolute atomic E-state index is 0.000183. The van der Waals surface area contributed by atoms with Crippen LogP contribution in [-0.2, 0) is 0 Å². The molecule has 182 valence electrons. The molecule has 1 fully saturated rings. The number of carbonyl (C=O) groups is 2. The normalized spacial score (nSPS) is 14.3. The number of para-hydroxylation sites is 1. The quantitative estimate of drug-likeness (QED) is 0.617. The Morgan fingerprint density at radius 3 is 2.44 bits per heavy atom. The summed E-state index contributed by atoms with van der Waals surface area (Å²) in [5.74, 6) is 0.825. The summed E-state index contributed by atoms with van der Waals surface area (Å²) in [6.07, 6.45) is 4.01. The molecule has 0 saturated carbocycles. The summed E-state index contributed by atoms with van der Waals surface area (Å²) in [6.45, 7) is 9.48. The van der Waals surface area contributed by atoms with Crippen LogP contribution in [0.3, 0.4) is 0 Å². The van der Waals surface area contributed by atoms with E-state index in [-0.39, 0.29) is 11.9 Å². The molecule has 0 radical (unpaired) electrons. The molecule has 0 spiro atoms. The number of hydrogen-bond donors (Lipinski definition) is 1. The Bertz CT molecular complexity index is 966. The lowest BCUT2D eigenvalue weighted by atomic mass is 10.1. The van der Waals surface area contributed by atoms with Crippen molar-refractivity contribution in [2.45, 2.75) is 13.8 Å². The summed E-state index contributed by atoms with van der Waals surface area (Å²) in [6, 6.07) is 15.5. The van der Waals surface area contributed by atoms with Crippen LogP contribution in [0, 0.1) is 6.92 Å². The molecule has 3 rings (SSSR count). The minimum atomic E-state index is -0.000183. The molecule has 34 heavy (non-hydrogen) atoms. The third-order valence-corrected chi connectivity index (χ3v) is 6.02. The Labute approximate surface area is 203 Å². The number of nitrogens with one attached hydrogen (secondary N) is 1. The van der Waals surface area contributed by atoms with Crippen LogP contribution < -0.4 is 10.1 Å². The zero-order chi connectivity index (χ0) is 24.3. The van der Waals surface area contributed by atoms with E-state index in [4.69, 9.17) is 4.74 Å². The van der Waals surface area contributed by atoms with Crippen molar-refractivity contribution in [2.24, 2.45) is 0 Å². The summed E-state index contributed by atoms with van der Waals surface area (Å²) in [5.41, 5.74) is 2.80. The third-order valence-electron chi connectivity index (χ3n) is 6.02. The highest BCUT2D eigenvalue weighted by molar-refractivity contribution is 5.94. The first-order chi connectivity index (χ1) is 16.5. The van der Waals surface area contributed by atoms with Crippen LogP contribution in [0.15, 0.2) is 54.6 Å². The summed E-state index contributed by atoms with van der Waals surface area (Å²) >= 11 is 0. The monoisotopic (exact) mass is 464 g/mol. The maximum Gasteiger partial charge on any atom is 0.317 e. The zero-order valence-electron chi connectivity index (χ0n) is 20.5. The summed E-state index contributed by atoms with van der Waals surface area (Å²) in [4.78, 5) is 31.4. The number of piperazine rings is 1. The first-order valence-electron chi connectivity index (χ1n) is 11.9. The van der Waals surface area contributed by atoms with Crippen molar-refractivity contribution in [3.05, 3.63) is 71.3 Å². The SMILES string of the molecule is CCNC(=O)N1CCN(CCN(C/C=C/c2ccccc2OC)C(=O)c2ccc(C)cc2)CC1. The van der Waals surface area contributed by atoms with E-state index in [0.29, 0.717) is 38.3 Å². The molecule has 0 bridgehead atoms. The predicted molar refractivity (Wildman–Crippen MR) is 136 cm³/mol. The van der Waals surface area contributed by atoms with E-state index in [1.54, 1.807) is 7.11 Å². The number of rotatable bonds is 9. The third kappa shape index (κ3) is 7.09. The number of ether oxygens (including phenoxy) is 1. The fourth-order valence-corrected chi connectivity index (χ4v) is 3.97. The fraction of sp³-hybridized carbons (Fsp3) is 0.407. The molecule has 1 N–H and O–H groups in total. The zero-order valence-corrected chi connectivity index (χ0v) is 20.5. The molecule has 0 aromatic heterocycles. The number of aryl methyl sites for hydroxylation is 1. The van der Waals surface area contributed by atoms with E-state index in [0.717, 1.165) is 36.5 Å². The average Bonchev–Trinajstić information content (AvgIpc) is 2.87. The van der Waals surface area contributed by atoms with E-state index in [2.05, 4.69) is 10.2 Å². The average molecular weight is 465 g/mol. The van der Waals surface area contributed by atoms with E-state index in [1.807, 2.05) is 84.3 Å². The Morgan fingerprint density at radius 2 is 1.76 bits per heavy atom. The first-order valence-corrected chi connectivity index (χ1v) is 11.9. The highest BCUT2D eigenvalue weighted by atomic mass is 16.5. The number of hydrogen-bond acceptors (Lipinski definition) is 4. The van der Waals surface area contributed by atoms with Gasteiger partial charge in [0, 0.05) is 63.5 Å². The minimum Gasteiger partial charge on any atom is -0.496 e. The number of nitrogens with zero attached hydrogens (tertiary/aromatic N) is 3. The van der Waals surface area contributed by atoms with Gasteiger partial charge >= 0.3 is 6.03 Å². The highest BCUT2D eigenvalue weighted by Gasteiger charge is 2.22. The summed E-state index contributed by atoms with van der Waals surface area (Å²) in [5, 5.41) is 2.86. The molecule has 2 aromatic rings. The van der Waals surface area contributed by atoms with Crippen LogP contribution in [0.2, 0.25) is 0 Å². The van der Waals surface area contributed by atoms with Crippen LogP contribution in [0.25, 0.3) is 6.08 Å². The van der Waals surface area contributed by atoms with Gasteiger partial charge in [-0.1, -0.05) is 48.0 Å². The fourth-order valence-electron chi connectivity index (χ4n) is 3.97. The number of amides is 3. The molecular weight excluding hydrogens is 428 g/mol. The summed E-state index contributed by atoms with van der Waals surface area (Å²) < 4.78 is 5.43. The van der Waals surface area contributed by atoms with Gasteiger partial charge in [-0.25, -0.2) is 4.79 Å². The molecule has 3 amide bonds. The molecule has 0 aliphatic carbocycles. The van der Waals surface area contributed by atoms with E-state index < -0.39 is 0 Å². The number of carbonyl (C=O) groups excluding carboxylic acids is 2. The molecule has 1 heterocycles. The second-order valence-corrected chi connectivity index (χ2v) is 8.43. The van der Waals surface area contributed by atoms with Crippen molar-refractivity contribution < 1.29 is 14.3 Å². The standard InChI is InChI=1S/C27H36N4O3/c1-4-28-27(33)31-20-17-29(18-21-31)16-19-30(26(32)24-13-11-22(2)12-14-24)15-7-9-23-8-5-6-10-25(23)34-3/h5-14H,4,15-21H2,1-3H3,(H,28,33)/b9-7+. The smallest absolute Gasteiger partial charge is 0.317 e. The van der Waals surface area contributed by atoms with Crippen molar-refractivity contribution in [1.29, 1.82) is 0 Å². The van der Waals surface area contributed by atoms with E-state index >= 15 is 0 Å². The highest BCUT2D eigenvalue weighted by Crippen LogP contribution is 2.19. The van der Waals surface area contributed by atoms with E-state index in [1.165, 1.54) is 0 Å². The second kappa shape index (κ2) is 12.8. The largest absolute Gasteiger partial charge is 0.496 e. The Kier molecular flexibility index (Phi) is 9.52. The predicted octanol–water partition coefficient (Wildman–Crippen LogP) is 3.51. The topological polar surface area (TPSA) is 65.1 Å². The molecular formula is C27H36N4O3. The van der Waals surface area contributed by atoms with Gasteiger partial charge < -0.3 is 19.9 Å². The molecule has 2 aromatic carbocycles. The van der Waals surface area contributed by atoms with Gasteiger partial charge in [0.2, 0.25) is 0 Å². The van der Waals surface area contributed by atoms with Gasteiger partial charge in [0.15, 0.2) is 0 Å². The van der Waals surface area contributed by atoms with Gasteiger partial charge in [-0.15, -0.1) is 0 Å². The molecule has 1 saturated heterocycles. The van der Waals surface area contributed by atoms with Gasteiger partial charge in [-0.05, 0) is 32.0 Å². The first kappa shape index (κ1) is 25.3. The van der Waals surface area contributed by atoms with Crippen molar-refractivity contribution >= 4 is 18.0 Å². The Morgan fingerprint density at radius 1 is 1.06 bits per heavy atom. The van der Waals surface area contributed by atoms with Crippen molar-refractivity contribution in [2.75, 3.05) is 59.5 Å². The molecule has 0 atom stereocenters. The summed E-state index contributed by atoms with van der Waals surface area (Å²) in [7, 11) is 1.66. The molecule has 1 aliphatic heterocycles. The van der Waals surface area contributed by atoms with E-state index in [9.17, 15) is 9.59 Å². The Hall–Kier alpha value is -3.32. The van der Waals surface area contributed by atoms with Gasteiger partial charge in [-0.3, -0.25) is 9.69 Å². The lowest BCUT2D eigenvalue weighted by molar-refractivity contribution is 0.0738. The Balaban J connectivity index is 1.63. The maximum atomic E-state index is 13.3. The van der Waals surface area contributed by atoms with Gasteiger partial charge in [0.05, 0.1) is 7.11 Å². The lowest BCUT2D eigenvalue weighted by Crippen LogP contribution is -2.53. The van der Waals surface area contributed by atoms with Gasteiger partial charge in [-0.2, -0.15) is 0 Å². The molecule has 7 heteroatoms. The van der Waals surface area contributed by atoms with Crippen LogP contribution in [0.4, 0.5) is 4.79 Å². The van der Waals surface area contributed by atoms with Crippen molar-refractivity contribution in [3.63, 3.8) is 0 Å².